The van der Waals surface area contributed by atoms with Gasteiger partial charge in [-0.3, -0.25) is 15.0 Å². The molecule has 3 amide bonds. The zero-order valence-corrected chi connectivity index (χ0v) is 16.1. The summed E-state index contributed by atoms with van der Waals surface area (Å²) in [4.78, 5) is 25.3. The Hall–Kier alpha value is -2.12. The number of rotatable bonds is 6. The molecule has 0 radical (unpaired) electrons. The first-order valence-corrected chi connectivity index (χ1v) is 8.83. The third-order valence-electron chi connectivity index (χ3n) is 3.81. The molecule has 1 atom stereocenters. The third-order valence-corrected chi connectivity index (χ3v) is 4.34. The van der Waals surface area contributed by atoms with Crippen LogP contribution in [0.2, 0.25) is 0 Å². The maximum absolute atomic E-state index is 12.1. The maximum Gasteiger partial charge on any atom is 0.321 e. The van der Waals surface area contributed by atoms with Crippen molar-refractivity contribution in [2.75, 3.05) is 13.6 Å². The van der Waals surface area contributed by atoms with Crippen molar-refractivity contribution in [3.63, 3.8) is 0 Å². The molecule has 0 saturated carbocycles. The van der Waals surface area contributed by atoms with Gasteiger partial charge in [-0.2, -0.15) is 0 Å². The zero-order chi connectivity index (χ0) is 18.4. The fraction of sp³-hybridized carbons (Fsp3) is 0.333. The summed E-state index contributed by atoms with van der Waals surface area (Å²) >= 11 is 3.41. The normalized spacial score (nSPS) is 12.0. The molecule has 0 aliphatic rings. The first-order valence-electron chi connectivity index (χ1n) is 8.04. The summed E-state index contributed by atoms with van der Waals surface area (Å²) in [6.45, 7) is 4.46. The summed E-state index contributed by atoms with van der Waals surface area (Å²) in [5.41, 5.74) is 0.985. The van der Waals surface area contributed by atoms with E-state index in [1.807, 2.05) is 48.3 Å². The molecule has 0 aliphatic heterocycles. The Morgan fingerprint density at radius 1 is 1.20 bits per heavy atom. The van der Waals surface area contributed by atoms with Gasteiger partial charge in [-0.25, -0.2) is 4.79 Å². The van der Waals surface area contributed by atoms with E-state index in [0.717, 1.165) is 21.6 Å². The van der Waals surface area contributed by atoms with Crippen molar-refractivity contribution in [2.45, 2.75) is 26.4 Å². The van der Waals surface area contributed by atoms with Crippen LogP contribution in [0.1, 0.15) is 19.6 Å². The lowest BCUT2D eigenvalue weighted by molar-refractivity contribution is -0.124. The van der Waals surface area contributed by atoms with Crippen molar-refractivity contribution >= 4 is 27.9 Å². The Balaban J connectivity index is 1.96. The summed E-state index contributed by atoms with van der Waals surface area (Å²) < 4.78 is 6.87. The fourth-order valence-electron chi connectivity index (χ4n) is 2.24. The highest BCUT2D eigenvalue weighted by Crippen LogP contribution is 2.24. The van der Waals surface area contributed by atoms with E-state index in [1.54, 1.807) is 13.8 Å². The lowest BCUT2D eigenvalue weighted by Gasteiger charge is -2.22. The van der Waals surface area contributed by atoms with E-state index in [0.29, 0.717) is 13.1 Å². The Kier molecular flexibility index (Phi) is 6.78. The molecule has 0 bridgehead atoms. The smallest absolute Gasteiger partial charge is 0.321 e. The highest BCUT2D eigenvalue weighted by atomic mass is 79.9. The number of likely N-dealkylation sites (N-methyl/N-ethyl adjacent to an activating group) is 1. The van der Waals surface area contributed by atoms with Crippen LogP contribution >= 0.6 is 15.9 Å². The molecule has 2 N–H and O–H groups in total. The van der Waals surface area contributed by atoms with E-state index < -0.39 is 12.1 Å². The number of benzene rings is 1. The Labute approximate surface area is 155 Å². The summed E-state index contributed by atoms with van der Waals surface area (Å²) in [6.07, 6.45) is 0. The maximum atomic E-state index is 12.1. The minimum absolute atomic E-state index is 0.354. The Bertz CT molecular complexity index is 727. The molecule has 0 fully saturated rings. The number of nitrogens with one attached hydrogen (secondary N) is 2. The fourth-order valence-corrected chi connectivity index (χ4v) is 2.50. The van der Waals surface area contributed by atoms with Crippen LogP contribution in [0.4, 0.5) is 4.79 Å². The summed E-state index contributed by atoms with van der Waals surface area (Å²) in [7, 11) is 1.81. The minimum atomic E-state index is -0.483. The standard InChI is InChI=1S/C18H22BrN3O3/c1-4-20-18(24)21-17(23)12(2)22(3)11-15-9-10-16(25-15)13-5-7-14(19)8-6-13/h5-10,12H,4,11H2,1-3H3,(H2,20,21,23,24)/t12-/m1/s1. The molecule has 0 saturated heterocycles. The molecule has 25 heavy (non-hydrogen) atoms. The lowest BCUT2D eigenvalue weighted by atomic mass is 10.2. The predicted molar refractivity (Wildman–Crippen MR) is 100.0 cm³/mol. The summed E-state index contributed by atoms with van der Waals surface area (Å²) in [5.74, 6) is 1.17. The van der Waals surface area contributed by atoms with E-state index in [-0.39, 0.29) is 5.91 Å². The molecule has 1 aromatic heterocycles. The summed E-state index contributed by atoms with van der Waals surface area (Å²) in [5, 5.41) is 4.85. The number of nitrogens with zero attached hydrogens (tertiary/aromatic N) is 1. The van der Waals surface area contributed by atoms with E-state index in [2.05, 4.69) is 26.6 Å². The second-order valence-electron chi connectivity index (χ2n) is 5.71. The third kappa shape index (κ3) is 5.44. The van der Waals surface area contributed by atoms with Crippen LogP contribution in [0.25, 0.3) is 11.3 Å². The van der Waals surface area contributed by atoms with Gasteiger partial charge in [0, 0.05) is 16.6 Å². The Morgan fingerprint density at radius 3 is 2.52 bits per heavy atom. The van der Waals surface area contributed by atoms with Gasteiger partial charge in [-0.1, -0.05) is 28.1 Å². The van der Waals surface area contributed by atoms with Crippen molar-refractivity contribution in [2.24, 2.45) is 0 Å². The first kappa shape index (κ1) is 19.2. The number of hydrogen-bond donors (Lipinski definition) is 2. The SMILES string of the molecule is CCNC(=O)NC(=O)[C@@H](C)N(C)Cc1ccc(-c2ccc(Br)cc2)o1. The molecule has 1 aromatic carbocycles. The predicted octanol–water partition coefficient (Wildman–Crippen LogP) is 3.38. The van der Waals surface area contributed by atoms with Gasteiger partial charge < -0.3 is 9.73 Å². The highest BCUT2D eigenvalue weighted by Gasteiger charge is 2.21. The topological polar surface area (TPSA) is 74.6 Å². The quantitative estimate of drug-likeness (QED) is 0.769. The van der Waals surface area contributed by atoms with Crippen LogP contribution in [-0.4, -0.2) is 36.5 Å². The van der Waals surface area contributed by atoms with Gasteiger partial charge in [0.15, 0.2) is 0 Å². The van der Waals surface area contributed by atoms with Gasteiger partial charge in [-0.05, 0) is 45.2 Å². The van der Waals surface area contributed by atoms with Crippen LogP contribution < -0.4 is 10.6 Å². The van der Waals surface area contributed by atoms with Crippen LogP contribution in [-0.2, 0) is 11.3 Å². The van der Waals surface area contributed by atoms with E-state index in [4.69, 9.17) is 4.42 Å². The molecule has 6 nitrogen and oxygen atoms in total. The molecular formula is C18H22BrN3O3. The van der Waals surface area contributed by atoms with Gasteiger partial charge in [-0.15, -0.1) is 0 Å². The monoisotopic (exact) mass is 407 g/mol. The molecule has 134 valence electrons. The highest BCUT2D eigenvalue weighted by molar-refractivity contribution is 9.10. The van der Waals surface area contributed by atoms with E-state index >= 15 is 0 Å². The molecule has 1 heterocycles. The largest absolute Gasteiger partial charge is 0.460 e. The van der Waals surface area contributed by atoms with Gasteiger partial charge in [0.05, 0.1) is 12.6 Å². The molecule has 7 heteroatoms. The summed E-state index contributed by atoms with van der Waals surface area (Å²) in [6, 6.07) is 10.7. The number of urea groups is 1. The number of amides is 3. The minimum Gasteiger partial charge on any atom is -0.460 e. The van der Waals surface area contributed by atoms with E-state index in [1.165, 1.54) is 0 Å². The van der Waals surface area contributed by atoms with Crippen LogP contribution in [0, 0.1) is 0 Å². The second-order valence-corrected chi connectivity index (χ2v) is 6.63. The van der Waals surface area contributed by atoms with Crippen molar-refractivity contribution in [1.29, 1.82) is 0 Å². The number of halogens is 1. The number of carbonyl (C=O) groups excluding carboxylic acids is 2. The molecule has 2 rings (SSSR count). The average molecular weight is 408 g/mol. The van der Waals surface area contributed by atoms with Crippen LogP contribution in [0.15, 0.2) is 45.3 Å². The van der Waals surface area contributed by atoms with Gasteiger partial charge in [0.2, 0.25) is 5.91 Å². The van der Waals surface area contributed by atoms with Crippen molar-refractivity contribution < 1.29 is 14.0 Å². The number of hydrogen-bond acceptors (Lipinski definition) is 4. The van der Waals surface area contributed by atoms with Crippen molar-refractivity contribution in [3.05, 3.63) is 46.6 Å². The molecular weight excluding hydrogens is 386 g/mol. The number of imide groups is 1. The van der Waals surface area contributed by atoms with Crippen LogP contribution in [0.3, 0.4) is 0 Å². The first-order chi connectivity index (χ1) is 11.9. The average Bonchev–Trinajstić information content (AvgIpc) is 3.03. The van der Waals surface area contributed by atoms with E-state index in [9.17, 15) is 9.59 Å². The number of carbonyl (C=O) groups is 2. The van der Waals surface area contributed by atoms with Crippen LogP contribution in [0.5, 0.6) is 0 Å². The van der Waals surface area contributed by atoms with Crippen molar-refractivity contribution in [1.82, 2.24) is 15.5 Å². The second kappa shape index (κ2) is 8.82. The zero-order valence-electron chi connectivity index (χ0n) is 14.5. The van der Waals surface area contributed by atoms with Gasteiger partial charge >= 0.3 is 6.03 Å². The van der Waals surface area contributed by atoms with Gasteiger partial charge in [0.25, 0.3) is 0 Å². The van der Waals surface area contributed by atoms with Gasteiger partial charge in [0.1, 0.15) is 11.5 Å². The molecule has 0 aliphatic carbocycles. The Morgan fingerprint density at radius 2 is 1.88 bits per heavy atom. The molecule has 2 aromatic rings. The number of furan rings is 1. The molecule has 0 spiro atoms. The lowest BCUT2D eigenvalue weighted by Crippen LogP contribution is -2.48. The van der Waals surface area contributed by atoms with Crippen molar-refractivity contribution in [3.8, 4) is 11.3 Å². The molecule has 0 unspecified atom stereocenters.